The van der Waals surface area contributed by atoms with Crippen molar-refractivity contribution < 1.29 is 32.8 Å². The predicted octanol–water partition coefficient (Wildman–Crippen LogP) is 6.41. The lowest BCUT2D eigenvalue weighted by atomic mass is 9.98. The number of piperidine rings is 1. The Bertz CT molecular complexity index is 1910. The van der Waals surface area contributed by atoms with Crippen molar-refractivity contribution in [2.75, 3.05) is 13.1 Å². The third kappa shape index (κ3) is 7.14. The van der Waals surface area contributed by atoms with E-state index >= 15 is 4.39 Å². The van der Waals surface area contributed by atoms with Crippen LogP contribution in [-0.4, -0.2) is 57.1 Å². The number of rotatable bonds is 9. The van der Waals surface area contributed by atoms with Crippen molar-refractivity contribution in [1.82, 2.24) is 20.4 Å². The van der Waals surface area contributed by atoms with E-state index in [4.69, 9.17) is 8.94 Å². The zero-order chi connectivity index (χ0) is 33.1. The van der Waals surface area contributed by atoms with E-state index in [1.807, 2.05) is 36.1 Å². The van der Waals surface area contributed by atoms with Gasteiger partial charge in [-0.15, -0.1) is 0 Å². The minimum Gasteiger partial charge on any atom is -0.480 e. The molecule has 1 fully saturated rings. The molecule has 0 bridgehead atoms. The zero-order valence-electron chi connectivity index (χ0n) is 25.9. The van der Waals surface area contributed by atoms with E-state index in [0.717, 1.165) is 37.1 Å². The standard InChI is InChI=1S/C36H33FN4O6/c1-21-3-6-24(7-4-21)30-13-14-31(46-30)33(42)38-29(36(44)45)20-23-5-12-27(28(37)19-23)32-39-34(47-40-32)25-8-10-26(11-9-25)35(43)41-17-15-22(2)16-18-41/h3-14,19,22,29H,15-18,20H2,1-2H3,(H,38,42)(H,44,45). The number of carboxylic acids is 1. The number of benzene rings is 3. The molecule has 11 heteroatoms. The molecule has 1 atom stereocenters. The minimum absolute atomic E-state index is 0.0110. The third-order valence-electron chi connectivity index (χ3n) is 8.36. The summed E-state index contributed by atoms with van der Waals surface area (Å²) in [6.07, 6.45) is 1.80. The van der Waals surface area contributed by atoms with Crippen molar-refractivity contribution in [1.29, 1.82) is 0 Å². The van der Waals surface area contributed by atoms with Crippen LogP contribution in [0.4, 0.5) is 4.39 Å². The lowest BCUT2D eigenvalue weighted by Gasteiger charge is -2.30. The number of likely N-dealkylation sites (tertiary alicyclic amines) is 1. The second kappa shape index (κ2) is 13.4. The van der Waals surface area contributed by atoms with Crippen molar-refractivity contribution in [3.8, 4) is 34.2 Å². The van der Waals surface area contributed by atoms with Crippen LogP contribution in [0.25, 0.3) is 34.2 Å². The summed E-state index contributed by atoms with van der Waals surface area (Å²) in [6, 6.07) is 20.3. The van der Waals surface area contributed by atoms with Crippen molar-refractivity contribution in [3.63, 3.8) is 0 Å². The smallest absolute Gasteiger partial charge is 0.326 e. The number of halogens is 1. The number of nitrogens with zero attached hydrogens (tertiary/aromatic N) is 3. The maximum atomic E-state index is 15.2. The lowest BCUT2D eigenvalue weighted by molar-refractivity contribution is -0.139. The van der Waals surface area contributed by atoms with Gasteiger partial charge in [0.15, 0.2) is 5.76 Å². The molecule has 1 aliphatic rings. The van der Waals surface area contributed by atoms with E-state index in [2.05, 4.69) is 22.4 Å². The van der Waals surface area contributed by atoms with Gasteiger partial charge in [0, 0.05) is 36.2 Å². The number of carboxylic acid groups (broad SMARTS) is 1. The molecule has 240 valence electrons. The molecule has 3 heterocycles. The zero-order valence-corrected chi connectivity index (χ0v) is 25.9. The number of aliphatic carboxylic acids is 1. The van der Waals surface area contributed by atoms with Gasteiger partial charge < -0.3 is 24.3 Å². The number of amides is 2. The molecule has 5 aromatic rings. The number of carbonyl (C=O) groups is 3. The number of furan rings is 1. The van der Waals surface area contributed by atoms with E-state index in [1.165, 1.54) is 18.2 Å². The fourth-order valence-corrected chi connectivity index (χ4v) is 5.46. The van der Waals surface area contributed by atoms with Crippen LogP contribution in [0, 0.1) is 18.7 Å². The van der Waals surface area contributed by atoms with Gasteiger partial charge in [0.05, 0.1) is 5.56 Å². The lowest BCUT2D eigenvalue weighted by Crippen LogP contribution is -2.42. The van der Waals surface area contributed by atoms with Crippen LogP contribution in [0.5, 0.6) is 0 Å². The van der Waals surface area contributed by atoms with Gasteiger partial charge in [-0.25, -0.2) is 9.18 Å². The number of carbonyl (C=O) groups excluding carboxylic acids is 2. The van der Waals surface area contributed by atoms with Crippen LogP contribution < -0.4 is 5.32 Å². The molecular formula is C36H33FN4O6. The molecule has 2 N–H and O–H groups in total. The van der Waals surface area contributed by atoms with Crippen LogP contribution in [0.15, 0.2) is 87.8 Å². The van der Waals surface area contributed by atoms with Crippen molar-refractivity contribution >= 4 is 17.8 Å². The van der Waals surface area contributed by atoms with Gasteiger partial charge in [0.2, 0.25) is 5.82 Å². The first-order valence-corrected chi connectivity index (χ1v) is 15.4. The summed E-state index contributed by atoms with van der Waals surface area (Å²) in [7, 11) is 0. The third-order valence-corrected chi connectivity index (χ3v) is 8.36. The summed E-state index contributed by atoms with van der Waals surface area (Å²) in [5.74, 6) is -1.47. The van der Waals surface area contributed by atoms with Gasteiger partial charge >= 0.3 is 5.97 Å². The summed E-state index contributed by atoms with van der Waals surface area (Å²) in [6.45, 7) is 5.63. The molecule has 47 heavy (non-hydrogen) atoms. The largest absolute Gasteiger partial charge is 0.480 e. The van der Waals surface area contributed by atoms with Crippen molar-refractivity contribution in [3.05, 3.63) is 107 Å². The highest BCUT2D eigenvalue weighted by Crippen LogP contribution is 2.27. The topological polar surface area (TPSA) is 139 Å². The number of nitrogens with one attached hydrogen (secondary N) is 1. The second-order valence-electron chi connectivity index (χ2n) is 11.9. The summed E-state index contributed by atoms with van der Waals surface area (Å²) in [4.78, 5) is 43.9. The van der Waals surface area contributed by atoms with Crippen molar-refractivity contribution in [2.45, 2.75) is 39.2 Å². The molecule has 1 unspecified atom stereocenters. The maximum absolute atomic E-state index is 15.2. The fourth-order valence-electron chi connectivity index (χ4n) is 5.46. The van der Waals surface area contributed by atoms with Gasteiger partial charge in [0.1, 0.15) is 17.6 Å². The van der Waals surface area contributed by atoms with Crippen LogP contribution in [0.2, 0.25) is 0 Å². The second-order valence-corrected chi connectivity index (χ2v) is 11.9. The normalized spacial score (nSPS) is 14.1. The highest BCUT2D eigenvalue weighted by Gasteiger charge is 2.25. The highest BCUT2D eigenvalue weighted by molar-refractivity contribution is 5.95. The average Bonchev–Trinajstić information content (AvgIpc) is 3.76. The van der Waals surface area contributed by atoms with Gasteiger partial charge in [0.25, 0.3) is 17.7 Å². The number of hydrogen-bond donors (Lipinski definition) is 2. The molecule has 3 aromatic carbocycles. The Morgan fingerprint density at radius 3 is 2.36 bits per heavy atom. The molecule has 0 aliphatic carbocycles. The molecule has 0 saturated carbocycles. The molecule has 0 spiro atoms. The monoisotopic (exact) mass is 636 g/mol. The average molecular weight is 637 g/mol. The fraction of sp³-hybridized carbons (Fsp3) is 0.250. The molecule has 2 aromatic heterocycles. The van der Waals surface area contributed by atoms with Gasteiger partial charge in [-0.05, 0) is 79.8 Å². The number of aromatic nitrogens is 2. The Morgan fingerprint density at radius 1 is 0.979 bits per heavy atom. The Kier molecular flexibility index (Phi) is 8.97. The number of hydrogen-bond acceptors (Lipinski definition) is 7. The predicted molar refractivity (Wildman–Crippen MR) is 171 cm³/mol. The van der Waals surface area contributed by atoms with Gasteiger partial charge in [-0.3, -0.25) is 9.59 Å². The summed E-state index contributed by atoms with van der Waals surface area (Å²) >= 11 is 0. The van der Waals surface area contributed by atoms with Crippen LogP contribution in [0.1, 0.15) is 51.8 Å². The number of aryl methyl sites for hydroxylation is 1. The molecule has 2 amide bonds. The molecule has 6 rings (SSSR count). The van der Waals surface area contributed by atoms with Crippen molar-refractivity contribution in [2.24, 2.45) is 5.92 Å². The van der Waals surface area contributed by atoms with E-state index < -0.39 is 23.7 Å². The van der Waals surface area contributed by atoms with Crippen LogP contribution >= 0.6 is 0 Å². The molecule has 10 nitrogen and oxygen atoms in total. The van der Waals surface area contributed by atoms with Crippen LogP contribution in [-0.2, 0) is 11.2 Å². The van der Waals surface area contributed by atoms with E-state index in [9.17, 15) is 19.5 Å². The van der Waals surface area contributed by atoms with E-state index in [1.54, 1.807) is 36.4 Å². The Labute approximate surface area is 270 Å². The first-order valence-electron chi connectivity index (χ1n) is 15.4. The Balaban J connectivity index is 1.10. The first kappa shape index (κ1) is 31.4. The maximum Gasteiger partial charge on any atom is 0.326 e. The molecule has 0 radical (unpaired) electrons. The quantitative estimate of drug-likeness (QED) is 0.189. The Morgan fingerprint density at radius 2 is 1.68 bits per heavy atom. The minimum atomic E-state index is -1.34. The summed E-state index contributed by atoms with van der Waals surface area (Å²) in [5.41, 5.74) is 3.40. The summed E-state index contributed by atoms with van der Waals surface area (Å²) < 4.78 is 26.3. The highest BCUT2D eigenvalue weighted by atomic mass is 19.1. The SMILES string of the molecule is Cc1ccc(-c2ccc(C(=O)NC(Cc3ccc(-c4noc(-c5ccc(C(=O)N6CCC(C)CC6)cc5)n4)c(F)c3)C(=O)O)o2)cc1. The van der Waals surface area contributed by atoms with E-state index in [0.29, 0.717) is 28.4 Å². The molecule has 1 aliphatic heterocycles. The summed E-state index contributed by atoms with van der Waals surface area (Å²) in [5, 5.41) is 16.2. The van der Waals surface area contributed by atoms with E-state index in [-0.39, 0.29) is 35.4 Å². The first-order chi connectivity index (χ1) is 22.6. The molecular weight excluding hydrogens is 603 g/mol. The molecule has 1 saturated heterocycles. The van der Waals surface area contributed by atoms with Gasteiger partial charge in [-0.1, -0.05) is 48.0 Å². The van der Waals surface area contributed by atoms with Gasteiger partial charge in [-0.2, -0.15) is 4.98 Å². The Hall–Kier alpha value is -5.58. The van der Waals surface area contributed by atoms with Crippen LogP contribution in [0.3, 0.4) is 0 Å².